The maximum atomic E-state index is 14.0. The molecule has 2 aromatic rings. The van der Waals surface area contributed by atoms with Crippen LogP contribution in [0.2, 0.25) is 0 Å². The minimum Gasteiger partial charge on any atom is -0.393 e. The molecule has 7 heteroatoms. The van der Waals surface area contributed by atoms with Crippen LogP contribution >= 0.6 is 11.3 Å². The van der Waals surface area contributed by atoms with Gasteiger partial charge in [-0.3, -0.25) is 9.69 Å². The topological polar surface area (TPSA) is 64.1 Å². The summed E-state index contributed by atoms with van der Waals surface area (Å²) in [7, 11) is 4.00. The van der Waals surface area contributed by atoms with Crippen molar-refractivity contribution in [2.45, 2.75) is 76.1 Å². The summed E-state index contributed by atoms with van der Waals surface area (Å²) in [6.45, 7) is 3.86. The van der Waals surface area contributed by atoms with Gasteiger partial charge >= 0.3 is 6.03 Å². The number of nitrogens with zero attached hydrogens (tertiary/aromatic N) is 3. The van der Waals surface area contributed by atoms with E-state index in [-0.39, 0.29) is 35.9 Å². The number of urea groups is 1. The highest BCUT2D eigenvalue weighted by Gasteiger charge is 2.63. The first-order chi connectivity index (χ1) is 16.3. The van der Waals surface area contributed by atoms with Crippen molar-refractivity contribution in [3.63, 3.8) is 0 Å². The molecule has 2 saturated heterocycles. The number of aliphatic hydroxyl groups excluding tert-OH is 1. The Morgan fingerprint density at radius 2 is 1.71 bits per heavy atom. The van der Waals surface area contributed by atoms with Crippen LogP contribution in [0.25, 0.3) is 0 Å². The van der Waals surface area contributed by atoms with Crippen molar-refractivity contribution in [1.29, 1.82) is 0 Å². The van der Waals surface area contributed by atoms with E-state index in [2.05, 4.69) is 37.3 Å². The van der Waals surface area contributed by atoms with Gasteiger partial charge in [0.05, 0.1) is 12.1 Å². The van der Waals surface area contributed by atoms with Crippen molar-refractivity contribution in [3.05, 3.63) is 51.7 Å². The summed E-state index contributed by atoms with van der Waals surface area (Å²) >= 11 is 1.62. The number of hydrogen-bond acceptors (Lipinski definition) is 5. The molecule has 1 aromatic heterocycles. The van der Waals surface area contributed by atoms with Gasteiger partial charge in [-0.25, -0.2) is 4.79 Å². The standard InChI is InChI=1S/C27H35N3O3S/c1-16-14-15-34-25(16)23-21(17(2)31)22(18-10-12-19(13-11-18)28(3)4)24-26(32)29(27(33)30(23)24)20-8-6-5-7-9-20/h10-15,17,20-24,31H,5-9H2,1-4H3. The van der Waals surface area contributed by atoms with Gasteiger partial charge in [0.25, 0.3) is 5.91 Å². The van der Waals surface area contributed by atoms with E-state index < -0.39 is 12.1 Å². The molecule has 1 aliphatic carbocycles. The van der Waals surface area contributed by atoms with Gasteiger partial charge in [-0.1, -0.05) is 31.4 Å². The maximum absolute atomic E-state index is 14.0. The molecule has 6 nitrogen and oxygen atoms in total. The molecule has 3 heterocycles. The lowest BCUT2D eigenvalue weighted by molar-refractivity contribution is -0.130. The summed E-state index contributed by atoms with van der Waals surface area (Å²) in [5.74, 6) is -0.595. The lowest BCUT2D eigenvalue weighted by Crippen LogP contribution is -2.45. The zero-order valence-corrected chi connectivity index (χ0v) is 21.3. The molecule has 3 fully saturated rings. The van der Waals surface area contributed by atoms with E-state index in [9.17, 15) is 14.7 Å². The summed E-state index contributed by atoms with van der Waals surface area (Å²) in [4.78, 5) is 34.5. The van der Waals surface area contributed by atoms with Crippen LogP contribution in [0.4, 0.5) is 10.5 Å². The summed E-state index contributed by atoms with van der Waals surface area (Å²) < 4.78 is 0. The Morgan fingerprint density at radius 1 is 1.03 bits per heavy atom. The first-order valence-corrected chi connectivity index (χ1v) is 13.3. The Bertz CT molecular complexity index is 1060. The molecule has 5 unspecified atom stereocenters. The number of fused-ring (bicyclic) bond motifs is 1. The van der Waals surface area contributed by atoms with Crippen LogP contribution in [0.5, 0.6) is 0 Å². The summed E-state index contributed by atoms with van der Waals surface area (Å²) in [5.41, 5.74) is 3.20. The third kappa shape index (κ3) is 3.64. The Hall–Kier alpha value is -2.38. The maximum Gasteiger partial charge on any atom is 0.328 e. The molecule has 3 amide bonds. The zero-order valence-electron chi connectivity index (χ0n) is 20.5. The van der Waals surface area contributed by atoms with Crippen molar-refractivity contribution in [3.8, 4) is 0 Å². The number of aliphatic hydroxyl groups is 1. The van der Waals surface area contributed by atoms with Crippen LogP contribution < -0.4 is 4.90 Å². The fourth-order valence-corrected chi connectivity index (χ4v) is 7.52. The van der Waals surface area contributed by atoms with Crippen LogP contribution in [0.3, 0.4) is 0 Å². The molecular formula is C27H35N3O3S. The summed E-state index contributed by atoms with van der Waals surface area (Å²) in [6.07, 6.45) is 4.41. The average Bonchev–Trinajstić information content (AvgIpc) is 3.47. The number of hydrogen-bond donors (Lipinski definition) is 1. The predicted octanol–water partition coefficient (Wildman–Crippen LogP) is 4.92. The fraction of sp³-hybridized carbons (Fsp3) is 0.556. The third-order valence-corrected chi connectivity index (χ3v) is 9.19. The monoisotopic (exact) mass is 481 g/mol. The second-order valence-corrected chi connectivity index (χ2v) is 11.3. The highest BCUT2D eigenvalue weighted by Crippen LogP contribution is 2.56. The second-order valence-electron chi connectivity index (χ2n) is 10.4. The molecule has 0 bridgehead atoms. The molecule has 3 aliphatic rings. The predicted molar refractivity (Wildman–Crippen MR) is 135 cm³/mol. The van der Waals surface area contributed by atoms with E-state index in [1.807, 2.05) is 29.3 Å². The van der Waals surface area contributed by atoms with Crippen LogP contribution in [0.1, 0.15) is 67.0 Å². The van der Waals surface area contributed by atoms with Crippen LogP contribution in [-0.2, 0) is 4.79 Å². The average molecular weight is 482 g/mol. The van der Waals surface area contributed by atoms with E-state index >= 15 is 0 Å². The van der Waals surface area contributed by atoms with Gasteiger partial charge in [0.1, 0.15) is 6.04 Å². The molecule has 0 radical (unpaired) electrons. The normalized spacial score (nSPS) is 28.5. The third-order valence-electron chi connectivity index (χ3n) is 8.10. The van der Waals surface area contributed by atoms with Crippen LogP contribution in [0.15, 0.2) is 35.7 Å². The zero-order chi connectivity index (χ0) is 24.1. The number of carbonyl (C=O) groups is 2. The Labute approximate surface area is 206 Å². The number of aryl methyl sites for hydroxylation is 1. The Balaban J connectivity index is 1.63. The molecule has 2 aliphatic heterocycles. The molecule has 1 saturated carbocycles. The van der Waals surface area contributed by atoms with Gasteiger partial charge in [0, 0.05) is 42.5 Å². The van der Waals surface area contributed by atoms with Crippen molar-refractivity contribution < 1.29 is 14.7 Å². The van der Waals surface area contributed by atoms with Gasteiger partial charge in [-0.15, -0.1) is 11.3 Å². The number of amides is 3. The minimum absolute atomic E-state index is 0.00815. The number of anilines is 1. The number of benzene rings is 1. The van der Waals surface area contributed by atoms with E-state index in [0.717, 1.165) is 47.4 Å². The number of imide groups is 1. The Kier molecular flexibility index (Phi) is 6.19. The van der Waals surface area contributed by atoms with E-state index in [1.54, 1.807) is 23.2 Å². The number of thiophene rings is 1. The van der Waals surface area contributed by atoms with E-state index in [1.165, 1.54) is 6.42 Å². The van der Waals surface area contributed by atoms with Crippen molar-refractivity contribution in [1.82, 2.24) is 9.80 Å². The molecule has 1 N–H and O–H groups in total. The SMILES string of the molecule is Cc1ccsc1C1C(C(C)O)C(c2ccc(N(C)C)cc2)C2C(=O)N(C3CCCCC3)C(=O)N21. The number of rotatable bonds is 5. The van der Waals surface area contributed by atoms with Crippen LogP contribution in [0, 0.1) is 12.8 Å². The van der Waals surface area contributed by atoms with E-state index in [0.29, 0.717) is 0 Å². The van der Waals surface area contributed by atoms with Gasteiger partial charge in [0.15, 0.2) is 0 Å². The second kappa shape index (κ2) is 9.00. The first kappa shape index (κ1) is 23.4. The molecule has 1 aromatic carbocycles. The van der Waals surface area contributed by atoms with Crippen molar-refractivity contribution >= 4 is 29.0 Å². The highest BCUT2D eigenvalue weighted by molar-refractivity contribution is 7.10. The van der Waals surface area contributed by atoms with Crippen molar-refractivity contribution in [2.75, 3.05) is 19.0 Å². The molecule has 5 atom stereocenters. The minimum atomic E-state index is -0.667. The smallest absolute Gasteiger partial charge is 0.328 e. The van der Waals surface area contributed by atoms with Crippen molar-refractivity contribution in [2.24, 2.45) is 5.92 Å². The van der Waals surface area contributed by atoms with Gasteiger partial charge in [-0.05, 0) is 61.4 Å². The quantitative estimate of drug-likeness (QED) is 0.616. The fourth-order valence-electron chi connectivity index (χ4n) is 6.44. The lowest BCUT2D eigenvalue weighted by Gasteiger charge is -2.34. The molecular weight excluding hydrogens is 446 g/mol. The van der Waals surface area contributed by atoms with Crippen LogP contribution in [-0.4, -0.2) is 59.1 Å². The molecule has 0 spiro atoms. The first-order valence-electron chi connectivity index (χ1n) is 12.5. The number of carbonyl (C=O) groups excluding carboxylic acids is 2. The van der Waals surface area contributed by atoms with Gasteiger partial charge in [0.2, 0.25) is 0 Å². The lowest BCUT2D eigenvalue weighted by atomic mass is 9.77. The van der Waals surface area contributed by atoms with E-state index in [4.69, 9.17) is 0 Å². The van der Waals surface area contributed by atoms with Gasteiger partial charge in [-0.2, -0.15) is 0 Å². The summed E-state index contributed by atoms with van der Waals surface area (Å²) in [5, 5.41) is 13.1. The molecule has 5 rings (SSSR count). The molecule has 34 heavy (non-hydrogen) atoms. The van der Waals surface area contributed by atoms with Gasteiger partial charge < -0.3 is 14.9 Å². The Morgan fingerprint density at radius 3 is 2.26 bits per heavy atom. The highest BCUT2D eigenvalue weighted by atomic mass is 32.1. The summed E-state index contributed by atoms with van der Waals surface area (Å²) in [6, 6.07) is 9.25. The largest absolute Gasteiger partial charge is 0.393 e. The molecule has 182 valence electrons.